The highest BCUT2D eigenvalue weighted by Gasteiger charge is 1.98. The molecule has 64 valence electrons. The van der Waals surface area contributed by atoms with Crippen molar-refractivity contribution in [2.45, 2.75) is 0 Å². The highest BCUT2D eigenvalue weighted by Crippen LogP contribution is 2.16. The van der Waals surface area contributed by atoms with Crippen molar-refractivity contribution >= 4 is 12.6 Å². The lowest BCUT2D eigenvalue weighted by molar-refractivity contribution is -0.103. The molecule has 3 nitrogen and oxygen atoms in total. The van der Waals surface area contributed by atoms with E-state index in [2.05, 4.69) is 11.8 Å². The molecule has 13 heavy (non-hydrogen) atoms. The van der Waals surface area contributed by atoms with Gasteiger partial charge in [-0.25, -0.2) is 0 Å². The van der Waals surface area contributed by atoms with Gasteiger partial charge in [0, 0.05) is 5.56 Å². The number of carbonyl (C=O) groups is 2. The van der Waals surface area contributed by atoms with E-state index in [0.717, 1.165) is 0 Å². The summed E-state index contributed by atoms with van der Waals surface area (Å²) in [5.74, 6) is 4.50. The molecule has 1 aromatic rings. The maximum Gasteiger partial charge on any atom is 0.193 e. The van der Waals surface area contributed by atoms with Gasteiger partial charge in [0.1, 0.15) is 12.0 Å². The number of phenolic OH excluding ortho intramolecular Hbond substituents is 1. The second kappa shape index (κ2) is 4.07. The smallest absolute Gasteiger partial charge is 0.193 e. The maximum atomic E-state index is 10.3. The van der Waals surface area contributed by atoms with Crippen molar-refractivity contribution in [3.05, 3.63) is 29.3 Å². The molecule has 0 aliphatic heterocycles. The van der Waals surface area contributed by atoms with Crippen LogP contribution in [0.15, 0.2) is 18.2 Å². The van der Waals surface area contributed by atoms with Gasteiger partial charge in [-0.1, -0.05) is 12.0 Å². The number of hydrogen-bond acceptors (Lipinski definition) is 3. The lowest BCUT2D eigenvalue weighted by atomic mass is 10.1. The molecule has 0 spiro atoms. The molecule has 0 saturated heterocycles. The minimum absolute atomic E-state index is 0.0982. The highest BCUT2D eigenvalue weighted by atomic mass is 16.3. The number of hydrogen-bond donors (Lipinski definition) is 1. The highest BCUT2D eigenvalue weighted by molar-refractivity contribution is 5.77. The van der Waals surface area contributed by atoms with E-state index in [4.69, 9.17) is 0 Å². The summed E-state index contributed by atoms with van der Waals surface area (Å²) in [6.07, 6.45) is 1.06. The fraction of sp³-hybridized carbons (Fsp3) is 0. The summed E-state index contributed by atoms with van der Waals surface area (Å²) in [7, 11) is 0. The molecule has 1 rings (SSSR count). The van der Waals surface area contributed by atoms with Gasteiger partial charge in [0.2, 0.25) is 0 Å². The van der Waals surface area contributed by atoms with Crippen molar-refractivity contribution in [1.29, 1.82) is 0 Å². The molecule has 0 aliphatic carbocycles. The molecule has 0 aromatic heterocycles. The van der Waals surface area contributed by atoms with Crippen LogP contribution in [0.4, 0.5) is 0 Å². The first-order valence-electron chi connectivity index (χ1n) is 3.51. The zero-order valence-corrected chi connectivity index (χ0v) is 6.65. The van der Waals surface area contributed by atoms with Crippen LogP contribution in [0.3, 0.4) is 0 Å². The molecule has 1 aromatic carbocycles. The summed E-state index contributed by atoms with van der Waals surface area (Å²) in [6.45, 7) is 0. The Morgan fingerprint density at radius 2 is 2.08 bits per heavy atom. The molecule has 0 amide bonds. The fourth-order valence-corrected chi connectivity index (χ4v) is 0.835. The Morgan fingerprint density at radius 3 is 2.62 bits per heavy atom. The first kappa shape index (κ1) is 9.01. The van der Waals surface area contributed by atoms with E-state index in [1.165, 1.54) is 18.2 Å². The SMILES string of the molecule is O=CC#Cc1ccc(C=O)cc1O. The molecule has 0 radical (unpaired) electrons. The van der Waals surface area contributed by atoms with Crippen molar-refractivity contribution in [3.8, 4) is 17.6 Å². The van der Waals surface area contributed by atoms with Gasteiger partial charge in [0.25, 0.3) is 0 Å². The summed E-state index contributed by atoms with van der Waals surface area (Å²) in [5.41, 5.74) is 0.701. The average Bonchev–Trinajstić information content (AvgIpc) is 2.16. The standard InChI is InChI=1S/C10H6O3/c11-5-1-2-9-4-3-8(7-12)6-10(9)13/h3-7,13H. The van der Waals surface area contributed by atoms with Crippen molar-refractivity contribution in [1.82, 2.24) is 0 Å². The van der Waals surface area contributed by atoms with Crippen LogP contribution in [-0.4, -0.2) is 17.7 Å². The molecule has 0 fully saturated rings. The molecule has 1 N–H and O–H groups in total. The summed E-state index contributed by atoms with van der Waals surface area (Å²) in [4.78, 5) is 20.2. The summed E-state index contributed by atoms with van der Waals surface area (Å²) < 4.78 is 0. The number of benzene rings is 1. The van der Waals surface area contributed by atoms with Crippen molar-refractivity contribution < 1.29 is 14.7 Å². The largest absolute Gasteiger partial charge is 0.507 e. The zero-order valence-electron chi connectivity index (χ0n) is 6.65. The van der Waals surface area contributed by atoms with Crippen LogP contribution in [0.25, 0.3) is 0 Å². The Kier molecular flexibility index (Phi) is 2.82. The molecule has 3 heteroatoms. The third-order valence-electron chi connectivity index (χ3n) is 1.42. The quantitative estimate of drug-likeness (QED) is 0.505. The lowest BCUT2D eigenvalue weighted by Crippen LogP contribution is -1.82. The van der Waals surface area contributed by atoms with Gasteiger partial charge >= 0.3 is 0 Å². The number of rotatable bonds is 1. The monoisotopic (exact) mass is 174 g/mol. The normalized spacial score (nSPS) is 8.31. The van der Waals surface area contributed by atoms with Crippen molar-refractivity contribution in [3.63, 3.8) is 0 Å². The Bertz CT molecular complexity index is 396. The number of aldehydes is 2. The Morgan fingerprint density at radius 1 is 1.31 bits per heavy atom. The maximum absolute atomic E-state index is 10.3. The lowest BCUT2D eigenvalue weighted by Gasteiger charge is -1.96. The molecule has 0 bridgehead atoms. The van der Waals surface area contributed by atoms with Crippen LogP contribution in [0.2, 0.25) is 0 Å². The van der Waals surface area contributed by atoms with E-state index >= 15 is 0 Å². The molecule has 0 atom stereocenters. The first-order valence-corrected chi connectivity index (χ1v) is 3.51. The van der Waals surface area contributed by atoms with Gasteiger partial charge in [-0.15, -0.1) is 0 Å². The summed E-state index contributed by atoms with van der Waals surface area (Å²) in [6, 6.07) is 4.29. The second-order valence-corrected chi connectivity index (χ2v) is 2.28. The molecule has 0 aliphatic rings. The zero-order chi connectivity index (χ0) is 9.68. The Balaban J connectivity index is 3.11. The van der Waals surface area contributed by atoms with Gasteiger partial charge in [0.15, 0.2) is 6.29 Å². The molecular formula is C10H6O3. The van der Waals surface area contributed by atoms with Gasteiger partial charge < -0.3 is 5.11 Å². The van der Waals surface area contributed by atoms with E-state index in [-0.39, 0.29) is 5.75 Å². The van der Waals surface area contributed by atoms with Crippen molar-refractivity contribution in [2.75, 3.05) is 0 Å². The predicted octanol–water partition coefficient (Wildman–Crippen LogP) is 0.755. The van der Waals surface area contributed by atoms with Gasteiger partial charge in [-0.3, -0.25) is 9.59 Å². The van der Waals surface area contributed by atoms with E-state index in [1.54, 1.807) is 0 Å². The third-order valence-corrected chi connectivity index (χ3v) is 1.42. The predicted molar refractivity (Wildman–Crippen MR) is 46.4 cm³/mol. The van der Waals surface area contributed by atoms with Crippen LogP contribution < -0.4 is 0 Å². The van der Waals surface area contributed by atoms with Crippen LogP contribution in [0.5, 0.6) is 5.75 Å². The third kappa shape index (κ3) is 2.17. The first-order chi connectivity index (χ1) is 6.27. The van der Waals surface area contributed by atoms with Crippen LogP contribution in [0.1, 0.15) is 15.9 Å². The number of carbonyl (C=O) groups excluding carboxylic acids is 2. The van der Waals surface area contributed by atoms with Gasteiger partial charge in [0.05, 0.1) is 5.56 Å². The van der Waals surface area contributed by atoms with E-state index < -0.39 is 0 Å². The summed E-state index contributed by atoms with van der Waals surface area (Å²) in [5, 5.41) is 9.27. The summed E-state index contributed by atoms with van der Waals surface area (Å²) >= 11 is 0. The number of aromatic hydroxyl groups is 1. The van der Waals surface area contributed by atoms with E-state index in [0.29, 0.717) is 23.7 Å². The minimum atomic E-state index is -0.0982. The van der Waals surface area contributed by atoms with Crippen LogP contribution >= 0.6 is 0 Å². The second-order valence-electron chi connectivity index (χ2n) is 2.28. The fourth-order valence-electron chi connectivity index (χ4n) is 0.835. The molecule has 0 unspecified atom stereocenters. The van der Waals surface area contributed by atoms with Gasteiger partial charge in [-0.05, 0) is 18.1 Å². The Labute approximate surface area is 75.0 Å². The van der Waals surface area contributed by atoms with Crippen LogP contribution in [0, 0.1) is 11.8 Å². The van der Waals surface area contributed by atoms with Gasteiger partial charge in [-0.2, -0.15) is 0 Å². The van der Waals surface area contributed by atoms with E-state index in [1.807, 2.05) is 0 Å². The molecule has 0 heterocycles. The van der Waals surface area contributed by atoms with E-state index in [9.17, 15) is 14.7 Å². The van der Waals surface area contributed by atoms with Crippen molar-refractivity contribution in [2.24, 2.45) is 0 Å². The number of phenols is 1. The van der Waals surface area contributed by atoms with Crippen LogP contribution in [-0.2, 0) is 4.79 Å². The average molecular weight is 174 g/mol. The molecule has 0 saturated carbocycles. The minimum Gasteiger partial charge on any atom is -0.507 e. The molecular weight excluding hydrogens is 168 g/mol. The topological polar surface area (TPSA) is 54.4 Å². The Hall–Kier alpha value is -2.08.